The van der Waals surface area contributed by atoms with Crippen molar-refractivity contribution in [2.45, 2.75) is 19.8 Å². The van der Waals surface area contributed by atoms with Crippen LogP contribution >= 0.6 is 11.6 Å². The van der Waals surface area contributed by atoms with Crippen LogP contribution in [0.4, 0.5) is 16.2 Å². The monoisotopic (exact) mass is 547 g/mol. The Morgan fingerprint density at radius 1 is 0.821 bits per heavy atom. The fourth-order valence-corrected chi connectivity index (χ4v) is 4.66. The maximum atomic E-state index is 13.1. The number of hydrogen-bond acceptors (Lipinski definition) is 4. The highest BCUT2D eigenvalue weighted by Crippen LogP contribution is 2.29. The summed E-state index contributed by atoms with van der Waals surface area (Å²) in [5, 5.41) is 9.52. The predicted molar refractivity (Wildman–Crippen MR) is 156 cm³/mol. The Kier molecular flexibility index (Phi) is 9.80. The number of rotatable bonds is 8. The van der Waals surface area contributed by atoms with Crippen molar-refractivity contribution in [3.8, 4) is 0 Å². The summed E-state index contributed by atoms with van der Waals surface area (Å²) in [6.45, 7) is 5.49. The molecule has 204 valence electrons. The summed E-state index contributed by atoms with van der Waals surface area (Å²) in [6, 6.07) is 21.8. The van der Waals surface area contributed by atoms with Crippen LogP contribution in [0.25, 0.3) is 0 Å². The lowest BCUT2D eigenvalue weighted by atomic mass is 10.1. The molecular formula is C30H34ClN5O3. The maximum absolute atomic E-state index is 13.1. The third-order valence-electron chi connectivity index (χ3n) is 6.61. The molecule has 1 fully saturated rings. The molecule has 3 aromatic rings. The second kappa shape index (κ2) is 13.7. The van der Waals surface area contributed by atoms with E-state index in [9.17, 15) is 14.4 Å². The Morgan fingerprint density at radius 2 is 1.59 bits per heavy atom. The SMILES string of the molecule is CCNC(=O)N1CCCN(c2ccc(C(=O)NCCc3ccc(Cl)cc3)cc2NC(=O)c2ccccc2)CC1. The topological polar surface area (TPSA) is 93.8 Å². The van der Waals surface area contributed by atoms with Crippen molar-refractivity contribution in [3.05, 3.63) is 94.5 Å². The molecule has 9 heteroatoms. The summed E-state index contributed by atoms with van der Waals surface area (Å²) in [7, 11) is 0. The van der Waals surface area contributed by atoms with E-state index in [-0.39, 0.29) is 17.8 Å². The normalized spacial score (nSPS) is 13.4. The van der Waals surface area contributed by atoms with E-state index in [4.69, 9.17) is 11.6 Å². The van der Waals surface area contributed by atoms with Gasteiger partial charge in [-0.15, -0.1) is 0 Å². The zero-order chi connectivity index (χ0) is 27.6. The van der Waals surface area contributed by atoms with E-state index < -0.39 is 0 Å². The average molecular weight is 548 g/mol. The van der Waals surface area contributed by atoms with E-state index in [2.05, 4.69) is 20.9 Å². The van der Waals surface area contributed by atoms with E-state index in [1.807, 2.05) is 60.4 Å². The van der Waals surface area contributed by atoms with Crippen molar-refractivity contribution in [2.24, 2.45) is 0 Å². The molecule has 0 aliphatic carbocycles. The molecule has 4 amide bonds. The number of urea groups is 1. The van der Waals surface area contributed by atoms with Crippen LogP contribution in [0, 0.1) is 0 Å². The van der Waals surface area contributed by atoms with Crippen LogP contribution in [-0.2, 0) is 6.42 Å². The molecule has 8 nitrogen and oxygen atoms in total. The van der Waals surface area contributed by atoms with Gasteiger partial charge < -0.3 is 25.8 Å². The van der Waals surface area contributed by atoms with Crippen molar-refractivity contribution in [1.29, 1.82) is 0 Å². The van der Waals surface area contributed by atoms with Crippen LogP contribution in [-0.4, -0.2) is 62.0 Å². The molecule has 0 saturated carbocycles. The van der Waals surface area contributed by atoms with Crippen molar-refractivity contribution >= 4 is 40.8 Å². The summed E-state index contributed by atoms with van der Waals surface area (Å²) < 4.78 is 0. The van der Waals surface area contributed by atoms with Crippen molar-refractivity contribution in [1.82, 2.24) is 15.5 Å². The van der Waals surface area contributed by atoms with Crippen LogP contribution in [0.3, 0.4) is 0 Å². The summed E-state index contributed by atoms with van der Waals surface area (Å²) in [5.74, 6) is -0.472. The third kappa shape index (κ3) is 7.74. The molecule has 0 atom stereocenters. The molecule has 1 aliphatic rings. The van der Waals surface area contributed by atoms with E-state index in [1.54, 1.807) is 24.3 Å². The maximum Gasteiger partial charge on any atom is 0.317 e. The second-order valence-corrected chi connectivity index (χ2v) is 9.78. The van der Waals surface area contributed by atoms with Crippen molar-refractivity contribution in [3.63, 3.8) is 0 Å². The number of amides is 4. The lowest BCUT2D eigenvalue weighted by Gasteiger charge is -2.26. The largest absolute Gasteiger partial charge is 0.368 e. The van der Waals surface area contributed by atoms with Gasteiger partial charge in [-0.3, -0.25) is 9.59 Å². The standard InChI is InChI=1S/C30H34ClN5O3/c1-2-32-30(39)36-18-6-17-35(19-20-36)27-14-11-24(21-26(27)34-29(38)23-7-4-3-5-8-23)28(37)33-16-15-22-9-12-25(31)13-10-22/h3-5,7-14,21H,2,6,15-20H2,1H3,(H,32,39)(H,33,37)(H,34,38). The predicted octanol–water partition coefficient (Wildman–Crippen LogP) is 4.81. The second-order valence-electron chi connectivity index (χ2n) is 9.35. The Labute approximate surface area is 234 Å². The lowest BCUT2D eigenvalue weighted by molar-refractivity contribution is 0.0952. The molecular weight excluding hydrogens is 514 g/mol. The van der Waals surface area contributed by atoms with Crippen molar-refractivity contribution in [2.75, 3.05) is 49.5 Å². The van der Waals surface area contributed by atoms with Gasteiger partial charge in [-0.25, -0.2) is 4.79 Å². The summed E-state index contributed by atoms with van der Waals surface area (Å²) >= 11 is 5.95. The zero-order valence-electron chi connectivity index (χ0n) is 22.1. The molecule has 1 aliphatic heterocycles. The van der Waals surface area contributed by atoms with Crippen LogP contribution in [0.2, 0.25) is 5.02 Å². The van der Waals surface area contributed by atoms with Crippen LogP contribution in [0.5, 0.6) is 0 Å². The number of anilines is 2. The van der Waals surface area contributed by atoms with Gasteiger partial charge in [0.1, 0.15) is 0 Å². The fourth-order valence-electron chi connectivity index (χ4n) is 4.54. The smallest absolute Gasteiger partial charge is 0.317 e. The Morgan fingerprint density at radius 3 is 2.33 bits per heavy atom. The minimum Gasteiger partial charge on any atom is -0.368 e. The summed E-state index contributed by atoms with van der Waals surface area (Å²) in [4.78, 5) is 42.4. The minimum absolute atomic E-state index is 0.0671. The fraction of sp³-hybridized carbons (Fsp3) is 0.300. The zero-order valence-corrected chi connectivity index (χ0v) is 22.8. The molecule has 3 N–H and O–H groups in total. The van der Waals surface area contributed by atoms with Crippen LogP contribution < -0.4 is 20.9 Å². The highest BCUT2D eigenvalue weighted by atomic mass is 35.5. The van der Waals surface area contributed by atoms with E-state index >= 15 is 0 Å². The van der Waals surface area contributed by atoms with Crippen molar-refractivity contribution < 1.29 is 14.4 Å². The molecule has 0 bridgehead atoms. The first-order valence-corrected chi connectivity index (χ1v) is 13.6. The van der Waals surface area contributed by atoms with E-state index in [0.29, 0.717) is 61.0 Å². The quantitative estimate of drug-likeness (QED) is 0.377. The number of carbonyl (C=O) groups excluding carboxylic acids is 3. The average Bonchev–Trinajstić information content (AvgIpc) is 3.21. The van der Waals surface area contributed by atoms with Gasteiger partial charge in [-0.1, -0.05) is 41.9 Å². The molecule has 0 aromatic heterocycles. The lowest BCUT2D eigenvalue weighted by Crippen LogP contribution is -2.42. The number of hydrogen-bond donors (Lipinski definition) is 3. The van der Waals surface area contributed by atoms with E-state index in [1.165, 1.54) is 0 Å². The van der Waals surface area contributed by atoms with Crippen LogP contribution in [0.1, 0.15) is 39.6 Å². The van der Waals surface area contributed by atoms with Gasteiger partial charge in [0.05, 0.1) is 11.4 Å². The molecule has 0 radical (unpaired) electrons. The first-order chi connectivity index (χ1) is 18.9. The Hall–Kier alpha value is -4.04. The van der Waals surface area contributed by atoms with Gasteiger partial charge >= 0.3 is 6.03 Å². The van der Waals surface area contributed by atoms with Gasteiger partial charge in [0.15, 0.2) is 0 Å². The highest BCUT2D eigenvalue weighted by molar-refractivity contribution is 6.30. The highest BCUT2D eigenvalue weighted by Gasteiger charge is 2.22. The Balaban J connectivity index is 1.51. The van der Waals surface area contributed by atoms with E-state index in [0.717, 1.165) is 24.2 Å². The molecule has 1 saturated heterocycles. The molecule has 0 spiro atoms. The number of nitrogens with one attached hydrogen (secondary N) is 3. The van der Waals surface area contributed by atoms with Crippen LogP contribution in [0.15, 0.2) is 72.8 Å². The number of benzene rings is 3. The van der Waals surface area contributed by atoms with Gasteiger partial charge in [0.2, 0.25) is 0 Å². The summed E-state index contributed by atoms with van der Waals surface area (Å²) in [5.41, 5.74) is 3.43. The minimum atomic E-state index is -0.254. The molecule has 3 aromatic carbocycles. The van der Waals surface area contributed by atoms with Gasteiger partial charge in [-0.05, 0) is 67.8 Å². The number of nitrogens with zero attached hydrogens (tertiary/aromatic N) is 2. The first kappa shape index (κ1) is 28.0. The van der Waals surface area contributed by atoms with Gasteiger partial charge in [0.25, 0.3) is 11.8 Å². The number of halogens is 1. The first-order valence-electron chi connectivity index (χ1n) is 13.3. The van der Waals surface area contributed by atoms with Gasteiger partial charge in [0, 0.05) is 55.4 Å². The molecule has 0 unspecified atom stereocenters. The third-order valence-corrected chi connectivity index (χ3v) is 6.86. The molecule has 39 heavy (non-hydrogen) atoms. The molecule has 1 heterocycles. The van der Waals surface area contributed by atoms with Gasteiger partial charge in [-0.2, -0.15) is 0 Å². The summed E-state index contributed by atoms with van der Waals surface area (Å²) in [6.07, 6.45) is 1.46. The Bertz CT molecular complexity index is 1280. The molecule has 4 rings (SSSR count). The number of carbonyl (C=O) groups is 3.